The minimum absolute atomic E-state index is 0.0763. The lowest BCUT2D eigenvalue weighted by Crippen LogP contribution is -2.43. The molecular formula is C20H22N4O2. The first-order chi connectivity index (χ1) is 12.7. The number of hydrogen-bond acceptors (Lipinski definition) is 4. The molecule has 2 aromatic rings. The lowest BCUT2D eigenvalue weighted by Gasteiger charge is -2.30. The van der Waals surface area contributed by atoms with Crippen LogP contribution in [-0.2, 0) is 11.3 Å². The third-order valence-corrected chi connectivity index (χ3v) is 5.38. The van der Waals surface area contributed by atoms with Crippen molar-refractivity contribution in [2.75, 3.05) is 13.1 Å². The molecule has 2 fully saturated rings. The molecule has 6 heteroatoms. The van der Waals surface area contributed by atoms with E-state index in [0.29, 0.717) is 37.7 Å². The molecule has 2 saturated heterocycles. The summed E-state index contributed by atoms with van der Waals surface area (Å²) in [4.78, 5) is 37.2. The van der Waals surface area contributed by atoms with Gasteiger partial charge in [-0.1, -0.05) is 30.3 Å². The fraction of sp³-hybridized carbons (Fsp3) is 0.400. The second-order valence-corrected chi connectivity index (χ2v) is 7.03. The highest BCUT2D eigenvalue weighted by Gasteiger charge is 2.42. The van der Waals surface area contributed by atoms with Crippen molar-refractivity contribution in [1.29, 1.82) is 0 Å². The molecule has 1 aromatic carbocycles. The van der Waals surface area contributed by atoms with Crippen LogP contribution in [0.5, 0.6) is 0 Å². The van der Waals surface area contributed by atoms with Gasteiger partial charge in [0.15, 0.2) is 0 Å². The van der Waals surface area contributed by atoms with Crippen molar-refractivity contribution in [2.24, 2.45) is 5.92 Å². The number of amides is 2. The highest BCUT2D eigenvalue weighted by molar-refractivity contribution is 5.92. The fourth-order valence-corrected chi connectivity index (χ4v) is 4.07. The molecule has 0 aliphatic carbocycles. The topological polar surface area (TPSA) is 66.4 Å². The molecule has 1 aromatic heterocycles. The largest absolute Gasteiger partial charge is 0.335 e. The molecule has 0 unspecified atom stereocenters. The van der Waals surface area contributed by atoms with Crippen molar-refractivity contribution in [3.05, 3.63) is 60.2 Å². The molecule has 2 aliphatic heterocycles. The van der Waals surface area contributed by atoms with Crippen molar-refractivity contribution in [3.63, 3.8) is 0 Å². The number of likely N-dealkylation sites (tertiary alicyclic amines) is 2. The molecule has 3 heterocycles. The lowest BCUT2D eigenvalue weighted by atomic mass is 9.98. The van der Waals surface area contributed by atoms with Gasteiger partial charge >= 0.3 is 0 Å². The Bertz CT molecular complexity index is 781. The minimum atomic E-state index is -0.0763. The van der Waals surface area contributed by atoms with E-state index < -0.39 is 0 Å². The molecule has 0 radical (unpaired) electrons. The van der Waals surface area contributed by atoms with Crippen molar-refractivity contribution < 1.29 is 9.59 Å². The van der Waals surface area contributed by atoms with Crippen molar-refractivity contribution in [2.45, 2.75) is 31.8 Å². The summed E-state index contributed by atoms with van der Waals surface area (Å²) < 4.78 is 0. The molecule has 2 atom stereocenters. The van der Waals surface area contributed by atoms with E-state index in [4.69, 9.17) is 0 Å². The third kappa shape index (κ3) is 3.31. The van der Waals surface area contributed by atoms with Crippen LogP contribution in [0.3, 0.4) is 0 Å². The number of carbonyl (C=O) groups is 2. The molecule has 0 bridgehead atoms. The molecular weight excluding hydrogens is 328 g/mol. The second-order valence-electron chi connectivity index (χ2n) is 7.03. The Balaban J connectivity index is 1.54. The van der Waals surface area contributed by atoms with Crippen LogP contribution in [0.15, 0.2) is 48.9 Å². The summed E-state index contributed by atoms with van der Waals surface area (Å²) in [6.45, 7) is 1.87. The summed E-state index contributed by atoms with van der Waals surface area (Å²) in [5.74, 6) is 0.446. The first-order valence-corrected chi connectivity index (χ1v) is 9.11. The summed E-state index contributed by atoms with van der Waals surface area (Å²) in [5, 5.41) is 0. The summed E-state index contributed by atoms with van der Waals surface area (Å²) in [5.41, 5.74) is 1.54. The van der Waals surface area contributed by atoms with Crippen LogP contribution in [0.1, 0.15) is 35.3 Å². The average molecular weight is 350 g/mol. The molecule has 0 saturated carbocycles. The normalized spacial score (nSPS) is 22.8. The van der Waals surface area contributed by atoms with Gasteiger partial charge in [-0.05, 0) is 30.4 Å². The molecule has 4 rings (SSSR count). The van der Waals surface area contributed by atoms with Crippen LogP contribution in [0.25, 0.3) is 0 Å². The van der Waals surface area contributed by atoms with Crippen molar-refractivity contribution in [1.82, 2.24) is 19.8 Å². The molecule has 6 nitrogen and oxygen atoms in total. The highest BCUT2D eigenvalue weighted by atomic mass is 16.2. The third-order valence-electron chi connectivity index (χ3n) is 5.38. The van der Waals surface area contributed by atoms with Crippen molar-refractivity contribution in [3.8, 4) is 0 Å². The number of carbonyl (C=O) groups excluding carboxylic acids is 2. The Hall–Kier alpha value is -2.76. The predicted octanol–water partition coefficient (Wildman–Crippen LogP) is 2.13. The van der Waals surface area contributed by atoms with Crippen LogP contribution < -0.4 is 0 Å². The van der Waals surface area contributed by atoms with Gasteiger partial charge in [0.05, 0.1) is 6.04 Å². The number of benzene rings is 1. The van der Waals surface area contributed by atoms with Crippen LogP contribution >= 0.6 is 0 Å². The van der Waals surface area contributed by atoms with Gasteiger partial charge in [0, 0.05) is 32.3 Å². The Kier molecular flexibility index (Phi) is 4.65. The SMILES string of the molecule is O=C(c1ccncn1)N1C[C@H]2CCCC(=O)N(Cc3ccccc3)[C@H]2C1. The summed E-state index contributed by atoms with van der Waals surface area (Å²) in [6, 6.07) is 11.8. The number of hydrogen-bond donors (Lipinski definition) is 0. The molecule has 2 aliphatic rings. The maximum Gasteiger partial charge on any atom is 0.272 e. The van der Waals surface area contributed by atoms with Crippen molar-refractivity contribution >= 4 is 11.8 Å². The maximum absolute atomic E-state index is 12.8. The zero-order valence-electron chi connectivity index (χ0n) is 14.6. The van der Waals surface area contributed by atoms with E-state index in [1.807, 2.05) is 40.1 Å². The number of fused-ring (bicyclic) bond motifs is 1. The Labute approximate surface area is 152 Å². The van der Waals surface area contributed by atoms with E-state index in [0.717, 1.165) is 18.4 Å². The van der Waals surface area contributed by atoms with Gasteiger partial charge in [-0.15, -0.1) is 0 Å². The van der Waals surface area contributed by atoms with Crippen LogP contribution in [-0.4, -0.2) is 50.7 Å². The van der Waals surface area contributed by atoms with Gasteiger partial charge in [0.25, 0.3) is 5.91 Å². The predicted molar refractivity (Wildman–Crippen MR) is 96.1 cm³/mol. The summed E-state index contributed by atoms with van der Waals surface area (Å²) in [6.07, 6.45) is 5.45. The molecule has 26 heavy (non-hydrogen) atoms. The van der Waals surface area contributed by atoms with Gasteiger partial charge in [-0.3, -0.25) is 9.59 Å². The Morgan fingerprint density at radius 1 is 1.15 bits per heavy atom. The van der Waals surface area contributed by atoms with E-state index in [-0.39, 0.29) is 17.9 Å². The molecule has 2 amide bonds. The number of aromatic nitrogens is 2. The second kappa shape index (κ2) is 7.23. The van der Waals surface area contributed by atoms with Gasteiger partial charge in [0.1, 0.15) is 12.0 Å². The van der Waals surface area contributed by atoms with Crippen LogP contribution in [0.4, 0.5) is 0 Å². The summed E-state index contributed by atoms with van der Waals surface area (Å²) in [7, 11) is 0. The van der Waals surface area contributed by atoms with Crippen LogP contribution in [0, 0.1) is 5.92 Å². The van der Waals surface area contributed by atoms with E-state index in [9.17, 15) is 9.59 Å². The van der Waals surface area contributed by atoms with E-state index in [2.05, 4.69) is 9.97 Å². The quantitative estimate of drug-likeness (QED) is 0.850. The zero-order valence-corrected chi connectivity index (χ0v) is 14.6. The van der Waals surface area contributed by atoms with E-state index >= 15 is 0 Å². The molecule has 134 valence electrons. The summed E-state index contributed by atoms with van der Waals surface area (Å²) >= 11 is 0. The first kappa shape index (κ1) is 16.7. The van der Waals surface area contributed by atoms with Crippen LogP contribution in [0.2, 0.25) is 0 Å². The fourth-order valence-electron chi connectivity index (χ4n) is 4.07. The van der Waals surface area contributed by atoms with Gasteiger partial charge in [-0.2, -0.15) is 0 Å². The van der Waals surface area contributed by atoms with Gasteiger partial charge in [0.2, 0.25) is 5.91 Å². The average Bonchev–Trinajstić information content (AvgIpc) is 3.05. The van der Waals surface area contributed by atoms with Gasteiger partial charge < -0.3 is 9.80 Å². The van der Waals surface area contributed by atoms with Gasteiger partial charge in [-0.25, -0.2) is 9.97 Å². The van der Waals surface area contributed by atoms with E-state index in [1.165, 1.54) is 6.33 Å². The molecule has 0 spiro atoms. The Morgan fingerprint density at radius 2 is 2.00 bits per heavy atom. The standard InChI is InChI=1S/C20H22N4O2/c25-19-8-4-7-16-12-23(20(26)17-9-10-21-14-22-17)13-18(16)24(19)11-15-5-2-1-3-6-15/h1-3,5-6,9-10,14,16,18H,4,7-8,11-13H2/t16-,18+/m1/s1. The molecule has 0 N–H and O–H groups in total. The lowest BCUT2D eigenvalue weighted by molar-refractivity contribution is -0.133. The van der Waals surface area contributed by atoms with E-state index in [1.54, 1.807) is 12.3 Å². The zero-order chi connectivity index (χ0) is 17.9. The Morgan fingerprint density at radius 3 is 2.77 bits per heavy atom. The maximum atomic E-state index is 12.8. The smallest absolute Gasteiger partial charge is 0.272 e. The monoisotopic (exact) mass is 350 g/mol. The first-order valence-electron chi connectivity index (χ1n) is 9.11. The number of rotatable bonds is 3. The number of nitrogens with zero attached hydrogens (tertiary/aromatic N) is 4. The highest BCUT2D eigenvalue weighted by Crippen LogP contribution is 2.32. The minimum Gasteiger partial charge on any atom is -0.335 e.